The minimum atomic E-state index is -0.204. The Balaban J connectivity index is 1.44. The number of carbonyl (C=O) groups is 1. The fraction of sp³-hybridized carbons (Fsp3) is 0.167. The van der Waals surface area contributed by atoms with Crippen molar-refractivity contribution in [1.82, 2.24) is 14.9 Å². The summed E-state index contributed by atoms with van der Waals surface area (Å²) in [5.41, 5.74) is 5.10. The maximum atomic E-state index is 12.9. The molecule has 2 N–H and O–H groups in total. The standard InChI is InChI=1S/C24H21N3O3/c28-15-16-4-3-5-17(12-16)18-7-8-23-20(13-18)21(9-11-30-23)25-24(29)22-14-19-6-1-2-10-27(19)26-22/h1-8,10,12-14,21,28H,9,11,15H2,(H,25,29). The number of fused-ring (bicyclic) bond motifs is 2. The predicted molar refractivity (Wildman–Crippen MR) is 113 cm³/mol. The zero-order valence-corrected chi connectivity index (χ0v) is 16.3. The molecule has 0 spiro atoms. The van der Waals surface area contributed by atoms with Gasteiger partial charge in [0.15, 0.2) is 5.69 Å². The third-order valence-electron chi connectivity index (χ3n) is 5.40. The molecule has 0 saturated heterocycles. The molecule has 6 nitrogen and oxygen atoms in total. The van der Waals surface area contributed by atoms with E-state index in [1.165, 1.54) is 0 Å². The Morgan fingerprint density at radius 3 is 2.87 bits per heavy atom. The average Bonchev–Trinajstić information content (AvgIpc) is 3.24. The number of benzene rings is 2. The van der Waals surface area contributed by atoms with E-state index in [-0.39, 0.29) is 18.6 Å². The van der Waals surface area contributed by atoms with Crippen molar-refractivity contribution in [2.75, 3.05) is 6.61 Å². The summed E-state index contributed by atoms with van der Waals surface area (Å²) in [6.45, 7) is 0.544. The number of ether oxygens (including phenoxy) is 1. The number of rotatable bonds is 4. The van der Waals surface area contributed by atoms with Crippen LogP contribution in [-0.4, -0.2) is 27.2 Å². The van der Waals surface area contributed by atoms with Crippen LogP contribution in [0.15, 0.2) is 72.9 Å². The highest BCUT2D eigenvalue weighted by Crippen LogP contribution is 2.35. The normalized spacial score (nSPS) is 15.4. The molecule has 1 aliphatic heterocycles. The molecule has 0 radical (unpaired) electrons. The largest absolute Gasteiger partial charge is 0.493 e. The Morgan fingerprint density at radius 2 is 2.00 bits per heavy atom. The first kappa shape index (κ1) is 18.4. The molecule has 1 amide bonds. The van der Waals surface area contributed by atoms with Gasteiger partial charge >= 0.3 is 0 Å². The van der Waals surface area contributed by atoms with Crippen LogP contribution >= 0.6 is 0 Å². The molecule has 0 aliphatic carbocycles. The molecule has 3 heterocycles. The molecule has 150 valence electrons. The highest BCUT2D eigenvalue weighted by atomic mass is 16.5. The van der Waals surface area contributed by atoms with Crippen LogP contribution in [0.25, 0.3) is 16.6 Å². The number of hydrogen-bond acceptors (Lipinski definition) is 4. The Bertz CT molecular complexity index is 1200. The van der Waals surface area contributed by atoms with E-state index in [9.17, 15) is 9.90 Å². The molecule has 1 unspecified atom stereocenters. The van der Waals surface area contributed by atoms with E-state index in [4.69, 9.17) is 4.74 Å². The summed E-state index contributed by atoms with van der Waals surface area (Å²) in [4.78, 5) is 12.9. The van der Waals surface area contributed by atoms with Gasteiger partial charge in [0.1, 0.15) is 5.75 Å². The van der Waals surface area contributed by atoms with Crippen LogP contribution in [0.1, 0.15) is 34.1 Å². The Labute approximate surface area is 173 Å². The first-order chi connectivity index (χ1) is 14.7. The van der Waals surface area contributed by atoms with Gasteiger partial charge in [0.25, 0.3) is 5.91 Å². The van der Waals surface area contributed by atoms with Gasteiger partial charge in [-0.2, -0.15) is 5.10 Å². The molecule has 6 heteroatoms. The van der Waals surface area contributed by atoms with E-state index in [2.05, 4.69) is 16.5 Å². The fourth-order valence-corrected chi connectivity index (χ4v) is 3.85. The van der Waals surface area contributed by atoms with E-state index in [0.29, 0.717) is 18.7 Å². The van der Waals surface area contributed by atoms with Crippen molar-refractivity contribution in [3.63, 3.8) is 0 Å². The van der Waals surface area contributed by atoms with E-state index in [1.54, 1.807) is 10.6 Å². The highest BCUT2D eigenvalue weighted by molar-refractivity contribution is 5.94. The molecule has 1 atom stereocenters. The molecule has 0 saturated carbocycles. The van der Waals surface area contributed by atoms with Gasteiger partial charge in [-0.15, -0.1) is 0 Å². The zero-order chi connectivity index (χ0) is 20.5. The zero-order valence-electron chi connectivity index (χ0n) is 16.3. The lowest BCUT2D eigenvalue weighted by atomic mass is 9.95. The molecular formula is C24H21N3O3. The van der Waals surface area contributed by atoms with Crippen molar-refractivity contribution in [3.05, 3.63) is 89.7 Å². The second kappa shape index (κ2) is 7.65. The predicted octanol–water partition coefficient (Wildman–Crippen LogP) is 3.75. The number of aromatic nitrogens is 2. The molecular weight excluding hydrogens is 378 g/mol. The van der Waals surface area contributed by atoms with Crippen LogP contribution in [0.4, 0.5) is 0 Å². The first-order valence-electron chi connectivity index (χ1n) is 9.93. The number of nitrogens with one attached hydrogen (secondary N) is 1. The van der Waals surface area contributed by atoms with Crippen LogP contribution in [0.2, 0.25) is 0 Å². The number of amides is 1. The van der Waals surface area contributed by atoms with E-state index in [1.807, 2.05) is 60.8 Å². The lowest BCUT2D eigenvalue weighted by molar-refractivity contribution is 0.0919. The van der Waals surface area contributed by atoms with Crippen LogP contribution in [-0.2, 0) is 6.61 Å². The number of aliphatic hydroxyl groups is 1. The molecule has 2 aromatic carbocycles. The maximum absolute atomic E-state index is 12.9. The minimum absolute atomic E-state index is 0.000410. The number of aliphatic hydroxyl groups excluding tert-OH is 1. The van der Waals surface area contributed by atoms with Gasteiger partial charge < -0.3 is 15.2 Å². The smallest absolute Gasteiger partial charge is 0.272 e. The highest BCUT2D eigenvalue weighted by Gasteiger charge is 2.25. The molecule has 30 heavy (non-hydrogen) atoms. The molecule has 5 rings (SSSR count). The maximum Gasteiger partial charge on any atom is 0.272 e. The van der Waals surface area contributed by atoms with Crippen molar-refractivity contribution in [3.8, 4) is 16.9 Å². The average molecular weight is 399 g/mol. The van der Waals surface area contributed by atoms with Crippen molar-refractivity contribution < 1.29 is 14.6 Å². The van der Waals surface area contributed by atoms with Crippen molar-refractivity contribution in [2.45, 2.75) is 19.1 Å². The topological polar surface area (TPSA) is 75.9 Å². The van der Waals surface area contributed by atoms with Crippen LogP contribution < -0.4 is 10.1 Å². The third kappa shape index (κ3) is 3.42. The first-order valence-corrected chi connectivity index (χ1v) is 9.93. The summed E-state index contributed by atoms with van der Waals surface area (Å²) in [7, 11) is 0. The lowest BCUT2D eigenvalue weighted by Crippen LogP contribution is -2.32. The fourth-order valence-electron chi connectivity index (χ4n) is 3.85. The minimum Gasteiger partial charge on any atom is -0.493 e. The summed E-state index contributed by atoms with van der Waals surface area (Å²) in [5, 5.41) is 16.9. The second-order valence-electron chi connectivity index (χ2n) is 7.37. The molecule has 0 bridgehead atoms. The Hall–Kier alpha value is -3.64. The van der Waals surface area contributed by atoms with E-state index in [0.717, 1.165) is 33.5 Å². The SMILES string of the molecule is O=C(NC1CCOc2ccc(-c3cccc(CO)c3)cc21)c1cc2ccccn2n1. The van der Waals surface area contributed by atoms with Gasteiger partial charge in [0.2, 0.25) is 0 Å². The van der Waals surface area contributed by atoms with Gasteiger partial charge in [0.05, 0.1) is 24.8 Å². The number of pyridine rings is 1. The van der Waals surface area contributed by atoms with Crippen LogP contribution in [0, 0.1) is 0 Å². The summed E-state index contributed by atoms with van der Waals surface area (Å²) in [6, 6.07) is 21.1. The van der Waals surface area contributed by atoms with Crippen molar-refractivity contribution in [2.24, 2.45) is 0 Å². The molecule has 4 aromatic rings. The molecule has 0 fully saturated rings. The van der Waals surface area contributed by atoms with Crippen molar-refractivity contribution in [1.29, 1.82) is 0 Å². The second-order valence-corrected chi connectivity index (χ2v) is 7.37. The van der Waals surface area contributed by atoms with Gasteiger partial charge in [-0.05, 0) is 53.1 Å². The molecule has 2 aromatic heterocycles. The van der Waals surface area contributed by atoms with Gasteiger partial charge in [0, 0.05) is 18.2 Å². The quantitative estimate of drug-likeness (QED) is 0.548. The van der Waals surface area contributed by atoms with Crippen LogP contribution in [0.5, 0.6) is 5.75 Å². The third-order valence-corrected chi connectivity index (χ3v) is 5.40. The summed E-state index contributed by atoms with van der Waals surface area (Å²) in [5.74, 6) is 0.577. The monoisotopic (exact) mass is 399 g/mol. The van der Waals surface area contributed by atoms with Gasteiger partial charge in [-0.25, -0.2) is 4.52 Å². The summed E-state index contributed by atoms with van der Waals surface area (Å²) < 4.78 is 7.51. The lowest BCUT2D eigenvalue weighted by Gasteiger charge is -2.27. The summed E-state index contributed by atoms with van der Waals surface area (Å²) >= 11 is 0. The molecule has 1 aliphatic rings. The van der Waals surface area contributed by atoms with Gasteiger partial charge in [-0.1, -0.05) is 30.3 Å². The Kier molecular flexibility index (Phi) is 4.69. The van der Waals surface area contributed by atoms with Crippen molar-refractivity contribution >= 4 is 11.4 Å². The van der Waals surface area contributed by atoms with Crippen LogP contribution in [0.3, 0.4) is 0 Å². The van der Waals surface area contributed by atoms with Gasteiger partial charge in [-0.3, -0.25) is 4.79 Å². The number of carbonyl (C=O) groups excluding carboxylic acids is 1. The number of nitrogens with zero attached hydrogens (tertiary/aromatic N) is 2. The van der Waals surface area contributed by atoms with E-state index < -0.39 is 0 Å². The summed E-state index contributed by atoms with van der Waals surface area (Å²) in [6.07, 6.45) is 2.51. The number of hydrogen-bond donors (Lipinski definition) is 2. The van der Waals surface area contributed by atoms with E-state index >= 15 is 0 Å². The Morgan fingerprint density at radius 1 is 1.10 bits per heavy atom.